The van der Waals surface area contributed by atoms with Gasteiger partial charge in [-0.15, -0.1) is 0 Å². The summed E-state index contributed by atoms with van der Waals surface area (Å²) in [6.07, 6.45) is -12.6. The van der Waals surface area contributed by atoms with Crippen molar-refractivity contribution in [3.8, 4) is 0 Å². The van der Waals surface area contributed by atoms with Crippen molar-refractivity contribution in [3.63, 3.8) is 0 Å². The lowest BCUT2D eigenvalue weighted by molar-refractivity contribution is -0.168. The summed E-state index contributed by atoms with van der Waals surface area (Å²) >= 11 is 0. The number of rotatable bonds is 3. The van der Waals surface area contributed by atoms with Crippen LogP contribution in [0.5, 0.6) is 0 Å². The average Bonchev–Trinajstić information content (AvgIpc) is 3.67. The Morgan fingerprint density at radius 3 is 2.45 bits per heavy atom. The predicted molar refractivity (Wildman–Crippen MR) is 139 cm³/mol. The van der Waals surface area contributed by atoms with Gasteiger partial charge in [0.25, 0.3) is 11.5 Å². The van der Waals surface area contributed by atoms with Gasteiger partial charge in [-0.2, -0.15) is 4.98 Å². The molecule has 0 saturated carbocycles. The lowest BCUT2D eigenvalue weighted by Gasteiger charge is -2.25. The molecule has 23 nitrogen and oxygen atoms in total. The number of phosphoric acid groups is 1. The number of aromatic nitrogens is 6. The monoisotopic (exact) mass is 665 g/mol. The summed E-state index contributed by atoms with van der Waals surface area (Å²) in [5, 5.41) is 21.9. The number of amides is 1. The molecule has 6 heterocycles. The number of aromatic amines is 1. The number of hydrogen-bond donors (Lipinski definition) is 8. The van der Waals surface area contributed by atoms with Crippen molar-refractivity contribution in [2.24, 2.45) is 5.73 Å². The molecule has 3 aromatic rings. The van der Waals surface area contributed by atoms with E-state index in [0.717, 1.165) is 21.8 Å². The van der Waals surface area contributed by atoms with Crippen molar-refractivity contribution >= 4 is 44.3 Å². The zero-order chi connectivity index (χ0) is 31.7. The van der Waals surface area contributed by atoms with Gasteiger partial charge in [0, 0.05) is 0 Å². The van der Waals surface area contributed by atoms with E-state index in [9.17, 15) is 38.7 Å². The smallest absolute Gasteiger partial charge is 0.386 e. The number of fused-ring (bicyclic) bond motifs is 4. The molecule has 6 rings (SSSR count). The number of aliphatic hydroxyl groups excluding tert-OH is 2. The number of H-pyrrole nitrogens is 1. The highest BCUT2D eigenvalue weighted by Gasteiger charge is 2.54. The molecule has 3 aliphatic rings. The number of nitrogens with one attached hydrogen (secondary N) is 1. The third-order valence-electron chi connectivity index (χ3n) is 6.89. The molecular formula is C19H25N9O14P2. The van der Waals surface area contributed by atoms with Crippen LogP contribution in [0.2, 0.25) is 0 Å². The normalized spacial score (nSPS) is 38.1. The second kappa shape index (κ2) is 10.9. The highest BCUT2D eigenvalue weighted by Crippen LogP contribution is 2.53. The van der Waals surface area contributed by atoms with Crippen molar-refractivity contribution in [3.05, 3.63) is 28.7 Å². The van der Waals surface area contributed by atoms with E-state index in [1.54, 1.807) is 0 Å². The molecule has 11 N–H and O–H groups in total. The number of ether oxygens (including phenoxy) is 3. The summed E-state index contributed by atoms with van der Waals surface area (Å²) in [5.74, 6) is -1.61. The number of nitrogens with zero attached hydrogens (tertiary/aromatic N) is 5. The fraction of sp³-hybridized carbons (Fsp3) is 0.526. The van der Waals surface area contributed by atoms with Crippen molar-refractivity contribution in [1.82, 2.24) is 29.1 Å². The maximum Gasteiger partial charge on any atom is 0.472 e. The first-order chi connectivity index (χ1) is 20.7. The van der Waals surface area contributed by atoms with Crippen molar-refractivity contribution < 1.29 is 61.7 Å². The summed E-state index contributed by atoms with van der Waals surface area (Å²) in [6.45, 7) is -0.886. The molecule has 1 amide bonds. The van der Waals surface area contributed by atoms with Crippen LogP contribution in [0, 0.1) is 0 Å². The Hall–Kier alpha value is -3.31. The molecular weight excluding hydrogens is 640 g/mol. The zero-order valence-corrected chi connectivity index (χ0v) is 23.7. The summed E-state index contributed by atoms with van der Waals surface area (Å²) in [7, 11) is -9.99. The van der Waals surface area contributed by atoms with Crippen molar-refractivity contribution in [2.45, 2.75) is 49.3 Å². The second-order valence-corrected chi connectivity index (χ2v) is 13.0. The largest absolute Gasteiger partial charge is 0.472 e. The Kier molecular flexibility index (Phi) is 7.64. The molecule has 0 aliphatic carbocycles. The number of carbonyl (C=O) groups excluding carboxylic acids is 1. The number of anilines is 2. The summed E-state index contributed by atoms with van der Waals surface area (Å²) < 4.78 is 60.4. The molecule has 4 unspecified atom stereocenters. The predicted octanol–water partition coefficient (Wildman–Crippen LogP) is -3.19. The summed E-state index contributed by atoms with van der Waals surface area (Å²) in [6, 6.07) is 0. The average molecular weight is 665 g/mol. The van der Waals surface area contributed by atoms with Gasteiger partial charge < -0.3 is 51.4 Å². The number of hydrogen-bond acceptors (Lipinski definition) is 17. The summed E-state index contributed by atoms with van der Waals surface area (Å²) in [5.41, 5.74) is 15.3. The van der Waals surface area contributed by atoms with Crippen LogP contribution in [0.1, 0.15) is 22.9 Å². The number of imidazole rings is 2. The molecule has 3 aromatic heterocycles. The maximum atomic E-state index is 13.1. The molecule has 240 valence electrons. The first kappa shape index (κ1) is 30.7. The minimum Gasteiger partial charge on any atom is -0.386 e. The van der Waals surface area contributed by atoms with E-state index >= 15 is 0 Å². The molecule has 10 atom stereocenters. The van der Waals surface area contributed by atoms with Crippen LogP contribution >= 0.6 is 15.4 Å². The molecule has 0 aromatic carbocycles. The zero-order valence-electron chi connectivity index (χ0n) is 21.9. The van der Waals surface area contributed by atoms with E-state index in [1.807, 2.05) is 0 Å². The SMILES string of the molecule is NC(=O)c1ncn([C@@H]2O[C@@H]3COP(=O)(O)O[C@H]4C(O)[C@@H](OCP(=O)(O)OC3[C@@H]2O)O[C@H]4n2cnc3c(=O)[nH]c(N)nc32)c1N. The molecule has 2 bridgehead atoms. The van der Waals surface area contributed by atoms with Crippen LogP contribution < -0.4 is 22.8 Å². The Balaban J connectivity index is 1.32. The van der Waals surface area contributed by atoms with Crippen LogP contribution in [-0.2, 0) is 36.9 Å². The van der Waals surface area contributed by atoms with Gasteiger partial charge in [0.2, 0.25) is 5.95 Å². The number of primary amides is 1. The van der Waals surface area contributed by atoms with Gasteiger partial charge in [-0.1, -0.05) is 0 Å². The molecule has 25 heteroatoms. The van der Waals surface area contributed by atoms with E-state index in [4.69, 9.17) is 45.0 Å². The molecule has 0 spiro atoms. The van der Waals surface area contributed by atoms with Gasteiger partial charge in [0.1, 0.15) is 36.3 Å². The minimum atomic E-state index is -5.16. The molecule has 3 saturated heterocycles. The summed E-state index contributed by atoms with van der Waals surface area (Å²) in [4.78, 5) is 58.9. The van der Waals surface area contributed by atoms with Crippen molar-refractivity contribution in [2.75, 3.05) is 24.4 Å². The fourth-order valence-corrected chi connectivity index (χ4v) is 6.91. The second-order valence-electron chi connectivity index (χ2n) is 9.80. The van der Waals surface area contributed by atoms with Crippen LogP contribution in [-0.4, -0.2) is 105 Å². The van der Waals surface area contributed by atoms with E-state index in [0.29, 0.717) is 0 Å². The molecule has 3 fully saturated rings. The fourth-order valence-electron chi connectivity index (χ4n) is 4.94. The van der Waals surface area contributed by atoms with Gasteiger partial charge >= 0.3 is 15.4 Å². The first-order valence-corrected chi connectivity index (χ1v) is 15.7. The third kappa shape index (κ3) is 5.42. The number of nitrogen functional groups attached to an aromatic ring is 2. The Morgan fingerprint density at radius 2 is 1.75 bits per heavy atom. The van der Waals surface area contributed by atoms with Crippen LogP contribution in [0.15, 0.2) is 17.4 Å². The highest BCUT2D eigenvalue weighted by atomic mass is 31.2. The Labute approximate surface area is 243 Å². The van der Waals surface area contributed by atoms with Gasteiger partial charge in [-0.3, -0.25) is 41.8 Å². The lowest BCUT2D eigenvalue weighted by Crippen LogP contribution is -2.36. The Bertz CT molecular complexity index is 1760. The van der Waals surface area contributed by atoms with Crippen LogP contribution in [0.4, 0.5) is 11.8 Å². The quantitative estimate of drug-likeness (QED) is 0.128. The van der Waals surface area contributed by atoms with Crippen LogP contribution in [0.25, 0.3) is 11.2 Å². The van der Waals surface area contributed by atoms with Gasteiger partial charge in [-0.05, 0) is 0 Å². The molecule has 0 radical (unpaired) electrons. The maximum absolute atomic E-state index is 13.1. The minimum absolute atomic E-state index is 0.163. The van der Waals surface area contributed by atoms with E-state index in [1.165, 1.54) is 0 Å². The van der Waals surface area contributed by atoms with Gasteiger partial charge in [0.15, 0.2) is 42.0 Å². The van der Waals surface area contributed by atoms with E-state index in [-0.39, 0.29) is 28.6 Å². The van der Waals surface area contributed by atoms with Gasteiger partial charge in [-0.25, -0.2) is 14.5 Å². The molecule has 44 heavy (non-hydrogen) atoms. The molecule has 3 aliphatic heterocycles. The number of carbonyl (C=O) groups is 1. The number of nitrogens with two attached hydrogens (primary N) is 3. The standard InChI is InChI=1S/C19H25N9O14P2/c20-12-6(13(21)31)23-2-27(12)16-8(29)10-5(39-16)1-38-44(35,36)42-11-9(30)18(37-4-43(33,34)41-10)40-17(11)28-3-24-7-14(28)25-19(22)26-15(7)32/h2-3,5,8-11,16-18,29-30H,1,4,20H2,(H2,21,31)(H,33,34)(H,35,36)(H3,22,25,26,32)/t5-,8+,9?,10?,11+,16-,17-,18+/m1/s1. The topological polar surface area (TPSA) is 347 Å². The van der Waals surface area contributed by atoms with Gasteiger partial charge in [0.05, 0.1) is 19.3 Å². The number of phosphoric ester groups is 1. The Morgan fingerprint density at radius 1 is 1.02 bits per heavy atom. The third-order valence-corrected chi connectivity index (χ3v) is 8.92. The highest BCUT2D eigenvalue weighted by molar-refractivity contribution is 7.52. The van der Waals surface area contributed by atoms with E-state index < -0.39 is 89.1 Å². The van der Waals surface area contributed by atoms with E-state index in [2.05, 4.69) is 19.9 Å². The first-order valence-electron chi connectivity index (χ1n) is 12.4. The van der Waals surface area contributed by atoms with Crippen molar-refractivity contribution in [1.29, 1.82) is 0 Å². The lowest BCUT2D eigenvalue weighted by atomic mass is 10.1. The van der Waals surface area contributed by atoms with Crippen LogP contribution in [0.3, 0.4) is 0 Å². The number of aliphatic hydroxyl groups is 2.